The fourth-order valence-corrected chi connectivity index (χ4v) is 1.56. The van der Waals surface area contributed by atoms with E-state index in [1.807, 2.05) is 0 Å². The molecule has 0 spiro atoms. The van der Waals surface area contributed by atoms with Crippen LogP contribution in [0.15, 0.2) is 0 Å². The Labute approximate surface area is 76.6 Å². The maximum absolute atomic E-state index is 8.70. The monoisotopic (exact) mass is 173 g/mol. The van der Waals surface area contributed by atoms with Gasteiger partial charge in [-0.25, -0.2) is 0 Å². The molecule has 0 aromatic heterocycles. The zero-order valence-electron chi connectivity index (χ0n) is 8.71. The van der Waals surface area contributed by atoms with E-state index in [9.17, 15) is 0 Å². The van der Waals surface area contributed by atoms with E-state index in [0.717, 1.165) is 19.5 Å². The third kappa shape index (κ3) is 4.73. The Kier molecular flexibility index (Phi) is 7.51. The van der Waals surface area contributed by atoms with Gasteiger partial charge in [0.25, 0.3) is 0 Å². The van der Waals surface area contributed by atoms with Gasteiger partial charge in [0.1, 0.15) is 0 Å². The topological polar surface area (TPSA) is 23.5 Å². The number of hydrogen-bond acceptors (Lipinski definition) is 2. The second-order valence-corrected chi connectivity index (χ2v) is 3.34. The second kappa shape index (κ2) is 7.56. The fourth-order valence-electron chi connectivity index (χ4n) is 1.56. The predicted octanol–water partition coefficient (Wildman–Crippen LogP) is 1.88. The third-order valence-electron chi connectivity index (χ3n) is 2.34. The highest BCUT2D eigenvalue weighted by molar-refractivity contribution is 4.64. The summed E-state index contributed by atoms with van der Waals surface area (Å²) in [5.41, 5.74) is 0. The lowest BCUT2D eigenvalue weighted by Gasteiger charge is -2.27. The van der Waals surface area contributed by atoms with Gasteiger partial charge >= 0.3 is 0 Å². The van der Waals surface area contributed by atoms with E-state index in [4.69, 9.17) is 5.11 Å². The Bertz CT molecular complexity index is 95.8. The van der Waals surface area contributed by atoms with Crippen LogP contribution in [0, 0.1) is 0 Å². The highest BCUT2D eigenvalue weighted by atomic mass is 16.3. The summed E-state index contributed by atoms with van der Waals surface area (Å²) in [6, 6.07) is 0.673. The summed E-state index contributed by atoms with van der Waals surface area (Å²) in [4.78, 5) is 2.43. The van der Waals surface area contributed by atoms with Gasteiger partial charge in [0.15, 0.2) is 0 Å². The van der Waals surface area contributed by atoms with Crippen molar-refractivity contribution in [2.24, 2.45) is 0 Å². The highest BCUT2D eigenvalue weighted by Crippen LogP contribution is 2.06. The molecule has 0 aromatic carbocycles. The van der Waals surface area contributed by atoms with E-state index in [2.05, 4.69) is 25.7 Å². The summed E-state index contributed by atoms with van der Waals surface area (Å²) >= 11 is 0. The Morgan fingerprint density at radius 1 is 1.33 bits per heavy atom. The largest absolute Gasteiger partial charge is 0.396 e. The van der Waals surface area contributed by atoms with Gasteiger partial charge in [0.2, 0.25) is 0 Å². The molecule has 0 amide bonds. The van der Waals surface area contributed by atoms with Gasteiger partial charge < -0.3 is 10.0 Å². The van der Waals surface area contributed by atoms with Gasteiger partial charge in [0, 0.05) is 19.2 Å². The summed E-state index contributed by atoms with van der Waals surface area (Å²) in [7, 11) is 0. The maximum atomic E-state index is 8.70. The first-order chi connectivity index (χ1) is 5.76. The lowest BCUT2D eigenvalue weighted by Crippen LogP contribution is -2.34. The zero-order valence-corrected chi connectivity index (χ0v) is 8.71. The van der Waals surface area contributed by atoms with Crippen LogP contribution < -0.4 is 0 Å². The van der Waals surface area contributed by atoms with Gasteiger partial charge in [-0.2, -0.15) is 0 Å². The lowest BCUT2D eigenvalue weighted by molar-refractivity contribution is 0.183. The molecule has 0 fully saturated rings. The Hall–Kier alpha value is -0.0800. The van der Waals surface area contributed by atoms with Crippen LogP contribution in [0.25, 0.3) is 0 Å². The van der Waals surface area contributed by atoms with Crippen molar-refractivity contribution < 1.29 is 5.11 Å². The zero-order chi connectivity index (χ0) is 9.40. The van der Waals surface area contributed by atoms with Gasteiger partial charge in [-0.3, -0.25) is 0 Å². The molecule has 0 aliphatic rings. The summed E-state index contributed by atoms with van der Waals surface area (Å²) in [5.74, 6) is 0. The maximum Gasteiger partial charge on any atom is 0.0443 e. The Morgan fingerprint density at radius 2 is 2.00 bits per heavy atom. The van der Waals surface area contributed by atoms with Crippen molar-refractivity contribution in [3.05, 3.63) is 0 Å². The summed E-state index contributed by atoms with van der Waals surface area (Å²) in [6.45, 7) is 9.12. The standard InChI is InChI=1S/C10H23NO/c1-4-7-10(3)11(5-2)8-6-9-12/h10,12H,4-9H2,1-3H3. The molecule has 1 N–H and O–H groups in total. The number of rotatable bonds is 7. The van der Waals surface area contributed by atoms with E-state index in [0.29, 0.717) is 12.6 Å². The molecule has 12 heavy (non-hydrogen) atoms. The van der Waals surface area contributed by atoms with Gasteiger partial charge in [0.05, 0.1) is 0 Å². The summed E-state index contributed by atoms with van der Waals surface area (Å²) < 4.78 is 0. The molecule has 74 valence electrons. The van der Waals surface area contributed by atoms with Crippen molar-refractivity contribution in [2.45, 2.75) is 46.1 Å². The average molecular weight is 173 g/mol. The van der Waals surface area contributed by atoms with Crippen LogP contribution in [0.1, 0.15) is 40.0 Å². The molecule has 0 saturated carbocycles. The minimum Gasteiger partial charge on any atom is -0.396 e. The minimum absolute atomic E-state index is 0.315. The van der Waals surface area contributed by atoms with E-state index in [1.165, 1.54) is 12.8 Å². The Balaban J connectivity index is 3.62. The van der Waals surface area contributed by atoms with Crippen LogP contribution in [-0.2, 0) is 0 Å². The van der Waals surface area contributed by atoms with Gasteiger partial charge in [-0.15, -0.1) is 0 Å². The van der Waals surface area contributed by atoms with Crippen LogP contribution in [0.4, 0.5) is 0 Å². The molecule has 0 bridgehead atoms. The van der Waals surface area contributed by atoms with Crippen molar-refractivity contribution in [3.63, 3.8) is 0 Å². The minimum atomic E-state index is 0.315. The first kappa shape index (κ1) is 11.9. The molecular formula is C10H23NO. The van der Waals surface area contributed by atoms with Gasteiger partial charge in [-0.05, 0) is 26.3 Å². The molecule has 0 aromatic rings. The highest BCUT2D eigenvalue weighted by Gasteiger charge is 2.09. The molecule has 0 aliphatic heterocycles. The molecule has 1 unspecified atom stereocenters. The molecule has 1 atom stereocenters. The van der Waals surface area contributed by atoms with Crippen LogP contribution in [0.5, 0.6) is 0 Å². The molecule has 0 rings (SSSR count). The first-order valence-electron chi connectivity index (χ1n) is 5.11. The molecule has 2 nitrogen and oxygen atoms in total. The lowest BCUT2D eigenvalue weighted by atomic mass is 10.1. The first-order valence-corrected chi connectivity index (χ1v) is 5.11. The number of aliphatic hydroxyl groups excluding tert-OH is 1. The number of nitrogens with zero attached hydrogens (tertiary/aromatic N) is 1. The summed E-state index contributed by atoms with van der Waals surface area (Å²) in [6.07, 6.45) is 3.41. The number of aliphatic hydroxyl groups is 1. The smallest absolute Gasteiger partial charge is 0.0443 e. The van der Waals surface area contributed by atoms with Crippen LogP contribution in [-0.4, -0.2) is 35.7 Å². The predicted molar refractivity (Wildman–Crippen MR) is 53.3 cm³/mol. The number of hydrogen-bond donors (Lipinski definition) is 1. The second-order valence-electron chi connectivity index (χ2n) is 3.34. The van der Waals surface area contributed by atoms with Gasteiger partial charge in [-0.1, -0.05) is 20.3 Å². The van der Waals surface area contributed by atoms with Crippen molar-refractivity contribution in [3.8, 4) is 0 Å². The molecule has 0 aliphatic carbocycles. The van der Waals surface area contributed by atoms with E-state index in [1.54, 1.807) is 0 Å². The van der Waals surface area contributed by atoms with Crippen molar-refractivity contribution in [1.29, 1.82) is 0 Å². The fraction of sp³-hybridized carbons (Fsp3) is 1.00. The molecule has 2 heteroatoms. The van der Waals surface area contributed by atoms with Crippen molar-refractivity contribution in [1.82, 2.24) is 4.90 Å². The van der Waals surface area contributed by atoms with E-state index < -0.39 is 0 Å². The van der Waals surface area contributed by atoms with Crippen LogP contribution in [0.3, 0.4) is 0 Å². The molecule has 0 radical (unpaired) electrons. The van der Waals surface area contributed by atoms with Crippen LogP contribution >= 0.6 is 0 Å². The molecular weight excluding hydrogens is 150 g/mol. The van der Waals surface area contributed by atoms with Crippen LogP contribution in [0.2, 0.25) is 0 Å². The van der Waals surface area contributed by atoms with Crippen molar-refractivity contribution >= 4 is 0 Å². The third-order valence-corrected chi connectivity index (χ3v) is 2.34. The average Bonchev–Trinajstić information content (AvgIpc) is 2.06. The van der Waals surface area contributed by atoms with Crippen molar-refractivity contribution in [2.75, 3.05) is 19.7 Å². The molecule has 0 heterocycles. The normalized spacial score (nSPS) is 13.8. The van der Waals surface area contributed by atoms with E-state index in [-0.39, 0.29) is 0 Å². The molecule has 0 saturated heterocycles. The summed E-state index contributed by atoms with van der Waals surface area (Å²) in [5, 5.41) is 8.70. The van der Waals surface area contributed by atoms with E-state index >= 15 is 0 Å². The SMILES string of the molecule is CCCC(C)N(CC)CCCO. The Morgan fingerprint density at radius 3 is 2.42 bits per heavy atom. The quantitative estimate of drug-likeness (QED) is 0.635.